The molecule has 0 saturated heterocycles. The Morgan fingerprint density at radius 2 is 1.09 bits per heavy atom. The summed E-state index contributed by atoms with van der Waals surface area (Å²) in [6.07, 6.45) is 3.68. The zero-order valence-corrected chi connectivity index (χ0v) is 25.4. The molecule has 11 aromatic rings. The van der Waals surface area contributed by atoms with Crippen molar-refractivity contribution in [2.45, 2.75) is 0 Å². The molecule has 3 nitrogen and oxygen atoms in total. The summed E-state index contributed by atoms with van der Waals surface area (Å²) < 4.78 is 6.43. The second kappa shape index (κ2) is 8.63. The number of aromatic nitrogens is 3. The number of benzene rings is 7. The first-order chi connectivity index (χ1) is 22.3. The highest BCUT2D eigenvalue weighted by atomic mass is 32.1. The summed E-state index contributed by atoms with van der Waals surface area (Å²) in [7, 11) is 0. The van der Waals surface area contributed by atoms with Gasteiger partial charge in [-0.1, -0.05) is 91.0 Å². The second-order valence-corrected chi connectivity index (χ2v) is 13.8. The van der Waals surface area contributed by atoms with Crippen LogP contribution in [0.4, 0.5) is 0 Å². The Kier molecular flexibility index (Phi) is 4.61. The van der Waals surface area contributed by atoms with Crippen LogP contribution in [0.15, 0.2) is 128 Å². The highest BCUT2D eigenvalue weighted by molar-refractivity contribution is 7.30. The van der Waals surface area contributed by atoms with Crippen molar-refractivity contribution in [2.75, 3.05) is 0 Å². The minimum absolute atomic E-state index is 1.02. The molecule has 7 aromatic carbocycles. The first-order valence-electron chi connectivity index (χ1n) is 15.1. The largest absolute Gasteiger partial charge is 0.308 e. The highest BCUT2D eigenvalue weighted by Gasteiger charge is 2.25. The van der Waals surface area contributed by atoms with E-state index in [0.717, 1.165) is 15.9 Å². The van der Waals surface area contributed by atoms with E-state index in [2.05, 4.69) is 125 Å². The van der Waals surface area contributed by atoms with Gasteiger partial charge in [0.1, 0.15) is 11.2 Å². The molecule has 4 aromatic heterocycles. The van der Waals surface area contributed by atoms with Gasteiger partial charge in [-0.3, -0.25) is 0 Å². The van der Waals surface area contributed by atoms with Gasteiger partial charge in [0.15, 0.2) is 0 Å². The van der Waals surface area contributed by atoms with Crippen molar-refractivity contribution >= 4 is 117 Å². The van der Waals surface area contributed by atoms with Crippen LogP contribution >= 0.6 is 22.7 Å². The predicted octanol–water partition coefficient (Wildman–Crippen LogP) is 11.8. The third kappa shape index (κ3) is 3.04. The molecule has 5 heteroatoms. The molecule has 0 N–H and O–H groups in total. The van der Waals surface area contributed by atoms with Crippen LogP contribution in [0.1, 0.15) is 0 Å². The van der Waals surface area contributed by atoms with Gasteiger partial charge in [0.25, 0.3) is 0 Å². The predicted molar refractivity (Wildman–Crippen MR) is 195 cm³/mol. The molecule has 0 fully saturated rings. The van der Waals surface area contributed by atoms with Gasteiger partial charge in [0, 0.05) is 58.3 Å². The van der Waals surface area contributed by atoms with Gasteiger partial charge in [0.05, 0.1) is 11.0 Å². The average Bonchev–Trinajstić information content (AvgIpc) is 3.78. The van der Waals surface area contributed by atoms with Crippen LogP contribution in [0.3, 0.4) is 0 Å². The SMILES string of the molecule is c1ccc2c(c1)sc1c2c2sc3ncncc3c2c2c1c1ccccc1n2-c1ccc2c3ccccc3c3ccccc3c2c1. The fourth-order valence-corrected chi connectivity index (χ4v) is 10.2. The summed E-state index contributed by atoms with van der Waals surface area (Å²) in [6, 6.07) is 42.4. The molecule has 0 bridgehead atoms. The summed E-state index contributed by atoms with van der Waals surface area (Å²) in [5.74, 6) is 0. The fraction of sp³-hybridized carbons (Fsp3) is 0. The topological polar surface area (TPSA) is 30.7 Å². The van der Waals surface area contributed by atoms with Gasteiger partial charge in [-0.2, -0.15) is 0 Å². The number of rotatable bonds is 1. The Morgan fingerprint density at radius 1 is 0.489 bits per heavy atom. The molecule has 0 atom stereocenters. The van der Waals surface area contributed by atoms with E-state index in [4.69, 9.17) is 4.98 Å². The molecular formula is C40H21N3S2. The number of thiophene rings is 2. The van der Waals surface area contributed by atoms with E-state index < -0.39 is 0 Å². The van der Waals surface area contributed by atoms with Crippen molar-refractivity contribution in [3.05, 3.63) is 128 Å². The molecule has 0 aliphatic rings. The number of para-hydroxylation sites is 1. The molecule has 0 unspecified atom stereocenters. The maximum absolute atomic E-state index is 4.76. The molecule has 0 aliphatic heterocycles. The minimum atomic E-state index is 1.02. The van der Waals surface area contributed by atoms with Gasteiger partial charge in [0.2, 0.25) is 0 Å². The smallest absolute Gasteiger partial charge is 0.127 e. The van der Waals surface area contributed by atoms with E-state index in [1.54, 1.807) is 17.7 Å². The fourth-order valence-electron chi connectivity index (χ4n) is 7.71. The van der Waals surface area contributed by atoms with E-state index in [0.29, 0.717) is 0 Å². The lowest BCUT2D eigenvalue weighted by Gasteiger charge is -2.14. The Bertz CT molecular complexity index is 2990. The third-order valence-corrected chi connectivity index (χ3v) is 11.8. The highest BCUT2D eigenvalue weighted by Crippen LogP contribution is 2.51. The maximum atomic E-state index is 4.76. The standard InChI is InChI=1S/C40H21N3S2/c1-2-11-25-23(9-1)24-10-3-4-12-26(24)30-19-22(17-18-27(25)30)43-32-15-7-5-13-28(32)34-37(43)35-31-20-41-21-42-40(31)45-39(35)36-29-14-6-8-16-33(29)44-38(34)36/h1-21H. The number of hydrogen-bond donors (Lipinski definition) is 0. The van der Waals surface area contributed by atoms with Gasteiger partial charge in [-0.15, -0.1) is 22.7 Å². The van der Waals surface area contributed by atoms with Gasteiger partial charge >= 0.3 is 0 Å². The van der Waals surface area contributed by atoms with Crippen LogP contribution in [0.2, 0.25) is 0 Å². The van der Waals surface area contributed by atoms with E-state index in [9.17, 15) is 0 Å². The molecule has 0 aliphatic carbocycles. The molecule has 0 radical (unpaired) electrons. The Labute approximate surface area is 264 Å². The van der Waals surface area contributed by atoms with Crippen LogP contribution in [0.25, 0.3) is 100 Å². The van der Waals surface area contributed by atoms with Gasteiger partial charge in [-0.25, -0.2) is 9.97 Å². The Hall–Kier alpha value is -5.36. The van der Waals surface area contributed by atoms with E-state index in [-0.39, 0.29) is 0 Å². The van der Waals surface area contributed by atoms with Crippen molar-refractivity contribution in [2.24, 2.45) is 0 Å². The Morgan fingerprint density at radius 3 is 1.87 bits per heavy atom. The van der Waals surface area contributed by atoms with E-state index in [1.165, 1.54) is 84.4 Å². The molecule has 0 amide bonds. The van der Waals surface area contributed by atoms with Crippen molar-refractivity contribution in [3.63, 3.8) is 0 Å². The molecule has 45 heavy (non-hydrogen) atoms. The summed E-state index contributed by atoms with van der Waals surface area (Å²) in [5, 5.41) is 15.3. The number of nitrogens with zero attached hydrogens (tertiary/aromatic N) is 3. The first-order valence-corrected chi connectivity index (χ1v) is 16.7. The normalized spacial score (nSPS) is 12.4. The second-order valence-electron chi connectivity index (χ2n) is 11.7. The van der Waals surface area contributed by atoms with Crippen LogP contribution in [0, 0.1) is 0 Å². The summed E-state index contributed by atoms with van der Waals surface area (Å²) in [5.41, 5.74) is 3.60. The molecule has 11 rings (SSSR count). The van der Waals surface area contributed by atoms with Crippen molar-refractivity contribution in [3.8, 4) is 5.69 Å². The van der Waals surface area contributed by atoms with Crippen LogP contribution < -0.4 is 0 Å². The first kappa shape index (κ1) is 24.0. The van der Waals surface area contributed by atoms with Crippen molar-refractivity contribution in [1.82, 2.24) is 14.5 Å². The lowest BCUT2D eigenvalue weighted by molar-refractivity contribution is 1.19. The number of fused-ring (bicyclic) bond motifs is 18. The van der Waals surface area contributed by atoms with E-state index >= 15 is 0 Å². The zero-order chi connectivity index (χ0) is 29.2. The Balaban J connectivity index is 1.40. The monoisotopic (exact) mass is 607 g/mol. The van der Waals surface area contributed by atoms with Crippen molar-refractivity contribution < 1.29 is 0 Å². The third-order valence-electron chi connectivity index (χ3n) is 9.52. The van der Waals surface area contributed by atoms with Gasteiger partial charge < -0.3 is 4.57 Å². The van der Waals surface area contributed by atoms with E-state index in [1.807, 2.05) is 17.5 Å². The lowest BCUT2D eigenvalue weighted by atomic mass is 9.94. The lowest BCUT2D eigenvalue weighted by Crippen LogP contribution is -1.95. The number of hydrogen-bond acceptors (Lipinski definition) is 4. The van der Waals surface area contributed by atoms with Crippen LogP contribution in [0.5, 0.6) is 0 Å². The summed E-state index contributed by atoms with van der Waals surface area (Å²) in [4.78, 5) is 10.3. The molecule has 208 valence electrons. The summed E-state index contributed by atoms with van der Waals surface area (Å²) in [6.45, 7) is 0. The molecule has 0 spiro atoms. The summed E-state index contributed by atoms with van der Waals surface area (Å²) >= 11 is 3.69. The quantitative estimate of drug-likeness (QED) is 0.174. The molecule has 0 saturated carbocycles. The molecular weight excluding hydrogens is 587 g/mol. The maximum Gasteiger partial charge on any atom is 0.127 e. The average molecular weight is 608 g/mol. The zero-order valence-electron chi connectivity index (χ0n) is 23.8. The molecule has 4 heterocycles. The van der Waals surface area contributed by atoms with Crippen LogP contribution in [-0.2, 0) is 0 Å². The van der Waals surface area contributed by atoms with Crippen LogP contribution in [-0.4, -0.2) is 14.5 Å². The van der Waals surface area contributed by atoms with Gasteiger partial charge in [-0.05, 0) is 56.6 Å². The van der Waals surface area contributed by atoms with Crippen molar-refractivity contribution in [1.29, 1.82) is 0 Å². The minimum Gasteiger partial charge on any atom is -0.308 e.